The van der Waals surface area contributed by atoms with Crippen molar-refractivity contribution in [2.45, 2.75) is 273 Å². The topological polar surface area (TPSA) is 625 Å². The van der Waals surface area contributed by atoms with Crippen molar-refractivity contribution in [1.29, 1.82) is 0 Å². The number of benzene rings is 3. The molecular formula is C92H129N19O22. The van der Waals surface area contributed by atoms with E-state index < -0.39 is 249 Å². The van der Waals surface area contributed by atoms with Crippen molar-refractivity contribution in [3.8, 4) is 5.75 Å². The minimum absolute atomic E-state index is 0.00667. The van der Waals surface area contributed by atoms with Crippen molar-refractivity contribution in [2.75, 3.05) is 46.8 Å². The maximum absolute atomic E-state index is 15.9. The number of phenols is 1. The minimum Gasteiger partial charge on any atom is -0.508 e. The molecule has 724 valence electrons. The summed E-state index contributed by atoms with van der Waals surface area (Å²) in [5.74, 6) is -19.1. The Morgan fingerprint density at radius 3 is 1.73 bits per heavy atom. The van der Waals surface area contributed by atoms with E-state index in [1.54, 1.807) is 68.6 Å². The van der Waals surface area contributed by atoms with Gasteiger partial charge in [0.1, 0.15) is 84.8 Å². The zero-order chi connectivity index (χ0) is 97.2. The largest absolute Gasteiger partial charge is 0.508 e. The quantitative estimate of drug-likeness (QED) is 0.0351. The Balaban J connectivity index is 1.10. The van der Waals surface area contributed by atoms with E-state index in [-0.39, 0.29) is 115 Å². The van der Waals surface area contributed by atoms with Crippen LogP contribution in [0.1, 0.15) is 179 Å². The first-order valence-electron chi connectivity index (χ1n) is 45.7. The van der Waals surface area contributed by atoms with E-state index in [1.807, 2.05) is 13.8 Å². The molecule has 4 aliphatic heterocycles. The molecule has 0 unspecified atom stereocenters. The SMILES string of the molecule is CCCC[C@H]1C(=O)N(C)[C@@H](CCCC)C(=O)N[C@@H](CC(C)C)C(=O)N[C@H](C(N)=O)CCCC(=O)N[C@@H](Cc2ccc(O)cc2)C(=O)N2CCCC[C@H]2C(=O)N[C@@H](CC(N)=O)C(=O)N2CCC[C@H]2C(=O)N[C@@H](CN)C(=O)N[C@@H](CCC(=O)O)C(=O)N2C[C@H](O)C[C@H]2C(=O)C[C@@H](Cc2c[nH]c3ccccc23)C(=O)N[C@@H](CCN)C(=O)N[C@@H](Cc2cn(CC(=O)O)c3ccccc23)C(=O)N1C. The van der Waals surface area contributed by atoms with Gasteiger partial charge in [0.2, 0.25) is 88.6 Å². The highest BCUT2D eigenvalue weighted by molar-refractivity contribution is 6.02. The van der Waals surface area contributed by atoms with Crippen molar-refractivity contribution in [3.63, 3.8) is 0 Å². The molecule has 9 rings (SSSR count). The summed E-state index contributed by atoms with van der Waals surface area (Å²) >= 11 is 0. The molecule has 0 aliphatic carbocycles. The number of nitrogens with zero attached hydrogens (tertiary/aromatic N) is 6. The van der Waals surface area contributed by atoms with Gasteiger partial charge in [-0.1, -0.05) is 102 Å². The lowest BCUT2D eigenvalue weighted by molar-refractivity contribution is -0.149. The molecule has 0 bridgehead atoms. The van der Waals surface area contributed by atoms with Crippen LogP contribution in [-0.2, 0) is 112 Å². The Labute approximate surface area is 770 Å². The second kappa shape index (κ2) is 49.0. The second-order valence-corrected chi connectivity index (χ2v) is 35.4. The number of primary amides is 2. The molecule has 15 amide bonds. The Hall–Kier alpha value is -12.9. The standard InChI is InChI=1S/C92H129N19O22/c1-7-9-23-70-85(126)102-64(39-51(3)4)83(124)99-61(80(96)121)22-17-28-77(116)98-65(40-52-29-31-56(112)32-30-52)90(131)109-37-16-15-26-71(109)86(127)104-67(45-76(95)115)91(132)110-38-18-27-72(110)87(128)105-68(46-94)84(125)101-63(33-34-78(117)118)89(130)111-49-57(113)44-74(111)75(114)43-53(41-54-47-97-60-21-13-11-19-58(54)60)81(122)100-62(35-36-93)82(123)103-66(88(129)107(6)73(24-10-8-2)92(133)106(70)5)42-55-48-108(50-79(119)120)69-25-14-12-20-59(55)69/h11-14,19-21,25,29-32,47-48,51,53,57,61-68,70-74,97,112-113H,7-10,15-18,22-24,26-28,33-46,49-50,93-94H2,1-6H3,(H2,95,115)(H2,96,121)(H,98,116)(H,99,124)(H,100,122)(H,101,125)(H,102,126)(H,103,123)(H,104,127)(H,105,128)(H,117,118)(H,119,120)/t53-,57-,61+,62+,63+,64+,65+,66+,67+,68+,70+,71+,72+,73+,74+/m1/s1. The monoisotopic (exact) mass is 1850 g/mol. The molecule has 41 nitrogen and oxygen atoms in total. The third kappa shape index (κ3) is 28.1. The smallest absolute Gasteiger partial charge is 0.323 e. The number of carboxylic acids is 2. The molecule has 3 aromatic carbocycles. The van der Waals surface area contributed by atoms with Crippen molar-refractivity contribution < 1.29 is 107 Å². The number of aliphatic carboxylic acids is 2. The number of rotatable bonds is 25. The number of carbonyl (C=O) groups is 18. The van der Waals surface area contributed by atoms with Gasteiger partial charge in [-0.15, -0.1) is 0 Å². The number of hydrogen-bond donors (Lipinski definition) is 17. The number of amides is 15. The molecule has 5 aromatic rings. The van der Waals surface area contributed by atoms with Gasteiger partial charge in [0.05, 0.1) is 18.6 Å². The molecule has 41 heteroatoms. The number of ketones is 1. The van der Waals surface area contributed by atoms with Gasteiger partial charge in [-0.3, -0.25) is 86.3 Å². The molecule has 133 heavy (non-hydrogen) atoms. The van der Waals surface area contributed by atoms with Crippen LogP contribution in [0.3, 0.4) is 0 Å². The number of aromatic nitrogens is 2. The number of carboxylic acid groups (broad SMARTS) is 2. The molecule has 21 N–H and O–H groups in total. The molecule has 4 aliphatic rings. The van der Waals surface area contributed by atoms with E-state index in [1.165, 1.54) is 58.9 Å². The van der Waals surface area contributed by atoms with Crippen molar-refractivity contribution in [1.82, 2.24) is 76.6 Å². The number of nitrogens with one attached hydrogen (secondary N) is 9. The number of Topliss-reactive ketones (excluding diaryl/α,β-unsaturated/α-hetero) is 1. The number of aliphatic hydroxyl groups excluding tert-OH is 1. The first kappa shape index (κ1) is 104. The van der Waals surface area contributed by atoms with E-state index in [0.29, 0.717) is 77.0 Å². The summed E-state index contributed by atoms with van der Waals surface area (Å²) in [5.41, 5.74) is 26.5. The lowest BCUT2D eigenvalue weighted by Gasteiger charge is -2.38. The predicted octanol–water partition coefficient (Wildman–Crippen LogP) is -0.474. The van der Waals surface area contributed by atoms with Crippen molar-refractivity contribution >= 4 is 128 Å². The highest BCUT2D eigenvalue weighted by Gasteiger charge is 2.47. The number of H-pyrrole nitrogens is 1. The fourth-order valence-corrected chi connectivity index (χ4v) is 18.0. The number of unbranched alkanes of at least 4 members (excludes halogenated alkanes) is 2. The summed E-state index contributed by atoms with van der Waals surface area (Å²) in [6.45, 7) is 5.03. The van der Waals surface area contributed by atoms with Crippen LogP contribution in [-0.4, -0.2) is 292 Å². The van der Waals surface area contributed by atoms with Crippen LogP contribution in [0.2, 0.25) is 0 Å². The van der Waals surface area contributed by atoms with Crippen molar-refractivity contribution in [2.24, 2.45) is 34.8 Å². The summed E-state index contributed by atoms with van der Waals surface area (Å²) in [5, 5.41) is 64.3. The van der Waals surface area contributed by atoms with Crippen LogP contribution in [0.5, 0.6) is 5.75 Å². The van der Waals surface area contributed by atoms with E-state index in [2.05, 4.69) is 47.5 Å². The molecule has 0 radical (unpaired) electrons. The number of carbonyl (C=O) groups excluding carboxylic acids is 16. The number of fused-ring (bicyclic) bond motifs is 5. The maximum Gasteiger partial charge on any atom is 0.323 e. The Morgan fingerprint density at radius 2 is 1.09 bits per heavy atom. The lowest BCUT2D eigenvalue weighted by atomic mass is 9.90. The van der Waals surface area contributed by atoms with E-state index in [0.717, 1.165) is 14.7 Å². The van der Waals surface area contributed by atoms with Gasteiger partial charge in [0.15, 0.2) is 5.78 Å². The molecule has 15 atom stereocenters. The van der Waals surface area contributed by atoms with Crippen LogP contribution >= 0.6 is 0 Å². The molecule has 6 heterocycles. The molecule has 4 saturated heterocycles. The number of piperidine rings is 1. The second-order valence-electron chi connectivity index (χ2n) is 35.4. The number of aromatic amines is 1. The van der Waals surface area contributed by atoms with Crippen LogP contribution in [0.15, 0.2) is 85.2 Å². The number of aromatic hydroxyl groups is 1. The third-order valence-corrected chi connectivity index (χ3v) is 25.1. The minimum atomic E-state index is -1.81. The third-order valence-electron chi connectivity index (χ3n) is 25.1. The predicted molar refractivity (Wildman–Crippen MR) is 484 cm³/mol. The fourth-order valence-electron chi connectivity index (χ4n) is 18.0. The van der Waals surface area contributed by atoms with Gasteiger partial charge < -0.3 is 120 Å². The lowest BCUT2D eigenvalue weighted by Crippen LogP contribution is -2.62. The summed E-state index contributed by atoms with van der Waals surface area (Å²) in [7, 11) is 2.72. The number of phenolic OH excluding ortho intramolecular Hbond substituents is 1. The van der Waals surface area contributed by atoms with Gasteiger partial charge in [0, 0.05) is 119 Å². The van der Waals surface area contributed by atoms with E-state index in [9.17, 15) is 68.4 Å². The Bertz CT molecular complexity index is 5040. The molecule has 4 fully saturated rings. The Morgan fingerprint density at radius 1 is 0.519 bits per heavy atom. The fraction of sp³-hybridized carbons (Fsp3) is 0.565. The molecule has 2 aromatic heterocycles. The van der Waals surface area contributed by atoms with Gasteiger partial charge in [0.25, 0.3) is 0 Å². The maximum atomic E-state index is 15.9. The van der Waals surface area contributed by atoms with Crippen LogP contribution in [0.4, 0.5) is 0 Å². The van der Waals surface area contributed by atoms with Crippen LogP contribution in [0, 0.1) is 11.8 Å². The summed E-state index contributed by atoms with van der Waals surface area (Å²) in [4.78, 5) is 271. The summed E-state index contributed by atoms with van der Waals surface area (Å²) in [6, 6.07) is -0.414. The Kier molecular flexibility index (Phi) is 38.2. The van der Waals surface area contributed by atoms with E-state index >= 15 is 38.4 Å². The zero-order valence-electron chi connectivity index (χ0n) is 76.2. The number of nitrogens with two attached hydrogens (primary N) is 4. The summed E-state index contributed by atoms with van der Waals surface area (Å²) < 4.78 is 1.44. The first-order chi connectivity index (χ1) is 63.3. The van der Waals surface area contributed by atoms with Gasteiger partial charge in [-0.25, -0.2) is 0 Å². The van der Waals surface area contributed by atoms with Crippen LogP contribution < -0.4 is 65.5 Å². The normalized spacial score (nSPS) is 25.6. The molecule has 0 spiro atoms. The first-order valence-corrected chi connectivity index (χ1v) is 45.7. The molecular weight excluding hydrogens is 1720 g/mol. The molecule has 0 saturated carbocycles. The highest BCUT2D eigenvalue weighted by atomic mass is 16.4. The zero-order valence-corrected chi connectivity index (χ0v) is 76.2. The van der Waals surface area contributed by atoms with Crippen LogP contribution in [0.25, 0.3) is 21.8 Å². The van der Waals surface area contributed by atoms with E-state index in [4.69, 9.17) is 22.9 Å². The number of hydrogen-bond acceptors (Lipinski definition) is 22. The number of aliphatic hydroxyl groups is 1. The van der Waals surface area contributed by atoms with Gasteiger partial charge in [-0.2, -0.15) is 0 Å². The van der Waals surface area contributed by atoms with Gasteiger partial charge in [-0.05, 0) is 137 Å². The van der Waals surface area contributed by atoms with Crippen molar-refractivity contribution in [3.05, 3.63) is 102 Å². The van der Waals surface area contributed by atoms with Gasteiger partial charge >= 0.3 is 11.9 Å². The highest BCUT2D eigenvalue weighted by Crippen LogP contribution is 2.31. The number of para-hydroxylation sites is 2. The average molecular weight is 1850 g/mol. The average Bonchev–Trinajstić information content (AvgIpc) is 1.65. The summed E-state index contributed by atoms with van der Waals surface area (Å²) in [6.07, 6.45) is -0.948. The number of likely N-dealkylation sites (N-methyl/N-ethyl adjacent to an activating group) is 2.